The Morgan fingerprint density at radius 2 is 0.833 bits per heavy atom. The van der Waals surface area contributed by atoms with Crippen LogP contribution in [-0.4, -0.2) is 23.1 Å². The van der Waals surface area contributed by atoms with E-state index in [9.17, 15) is 9.59 Å². The molecule has 0 aliphatic rings. The first-order valence-electron chi connectivity index (χ1n) is 16.0. The second kappa shape index (κ2) is 28.5. The molecule has 0 aromatic heterocycles. The van der Waals surface area contributed by atoms with Gasteiger partial charge in [0.15, 0.2) is 0 Å². The van der Waals surface area contributed by atoms with E-state index in [2.05, 4.69) is 13.8 Å². The zero-order chi connectivity index (χ0) is 26.5. The Morgan fingerprint density at radius 3 is 1.25 bits per heavy atom. The topological polar surface area (TPSA) is 63.6 Å². The maximum atomic E-state index is 12.4. The summed E-state index contributed by atoms with van der Waals surface area (Å²) in [6.07, 6.45) is 31.3. The lowest BCUT2D eigenvalue weighted by Crippen LogP contribution is -2.18. The highest BCUT2D eigenvalue weighted by Crippen LogP contribution is 2.18. The average molecular weight is 511 g/mol. The van der Waals surface area contributed by atoms with E-state index in [1.165, 1.54) is 109 Å². The first kappa shape index (κ1) is 34.9. The van der Waals surface area contributed by atoms with Gasteiger partial charge in [-0.25, -0.2) is 0 Å². The quantitative estimate of drug-likeness (QED) is 0.0802. The molecule has 0 aliphatic heterocycles. The molecule has 1 N–H and O–H groups in total. The first-order valence-corrected chi connectivity index (χ1v) is 16.0. The van der Waals surface area contributed by atoms with Gasteiger partial charge in [-0.3, -0.25) is 9.59 Å². The zero-order valence-corrected chi connectivity index (χ0v) is 24.3. The van der Waals surface area contributed by atoms with Gasteiger partial charge in [-0.1, -0.05) is 136 Å². The molecule has 0 aromatic carbocycles. The summed E-state index contributed by atoms with van der Waals surface area (Å²) >= 11 is 0. The van der Waals surface area contributed by atoms with Crippen LogP contribution in [0.2, 0.25) is 0 Å². The van der Waals surface area contributed by atoms with E-state index in [0.717, 1.165) is 44.9 Å². The van der Waals surface area contributed by atoms with Crippen LogP contribution >= 0.6 is 0 Å². The van der Waals surface area contributed by atoms with Crippen LogP contribution in [0.25, 0.3) is 0 Å². The van der Waals surface area contributed by atoms with E-state index in [0.29, 0.717) is 12.8 Å². The van der Waals surface area contributed by atoms with Gasteiger partial charge < -0.3 is 9.84 Å². The molecule has 0 saturated heterocycles. The van der Waals surface area contributed by atoms with Crippen LogP contribution in [0.5, 0.6) is 0 Å². The molecule has 0 saturated carbocycles. The van der Waals surface area contributed by atoms with E-state index < -0.39 is 5.97 Å². The maximum Gasteiger partial charge on any atom is 0.306 e. The van der Waals surface area contributed by atoms with Crippen molar-refractivity contribution in [3.63, 3.8) is 0 Å². The van der Waals surface area contributed by atoms with Gasteiger partial charge in [0.05, 0.1) is 0 Å². The molecule has 214 valence electrons. The second-order valence-electron chi connectivity index (χ2n) is 11.0. The third-order valence-corrected chi connectivity index (χ3v) is 7.33. The van der Waals surface area contributed by atoms with Gasteiger partial charge in [0, 0.05) is 12.8 Å². The number of hydrogen-bond acceptors (Lipinski definition) is 3. The molecule has 0 radical (unpaired) electrons. The molecule has 1 unspecified atom stereocenters. The second-order valence-corrected chi connectivity index (χ2v) is 11.0. The number of ether oxygens (including phenoxy) is 1. The van der Waals surface area contributed by atoms with Gasteiger partial charge in [0.25, 0.3) is 0 Å². The maximum absolute atomic E-state index is 12.4. The third-order valence-electron chi connectivity index (χ3n) is 7.33. The summed E-state index contributed by atoms with van der Waals surface area (Å²) in [4.78, 5) is 23.0. The molecule has 4 nitrogen and oxygen atoms in total. The number of carboxylic acids is 1. The molecular formula is C32H62O4. The highest BCUT2D eigenvalue weighted by molar-refractivity contribution is 5.69. The minimum atomic E-state index is -0.726. The van der Waals surface area contributed by atoms with Crippen molar-refractivity contribution < 1.29 is 19.4 Å². The molecule has 0 rings (SSSR count). The molecule has 0 spiro atoms. The summed E-state index contributed by atoms with van der Waals surface area (Å²) in [7, 11) is 0. The molecular weight excluding hydrogens is 448 g/mol. The molecule has 0 bridgehead atoms. The Balaban J connectivity index is 3.68. The van der Waals surface area contributed by atoms with Crippen LogP contribution in [0.4, 0.5) is 0 Å². The van der Waals surface area contributed by atoms with Crippen molar-refractivity contribution in [3.8, 4) is 0 Å². The fourth-order valence-corrected chi connectivity index (χ4v) is 4.95. The van der Waals surface area contributed by atoms with Crippen LogP contribution in [-0.2, 0) is 14.3 Å². The van der Waals surface area contributed by atoms with Crippen LogP contribution in [0.3, 0.4) is 0 Å². The standard InChI is InChI=1S/C32H62O4/c1-3-5-7-9-10-11-12-13-14-15-16-17-18-19-20-25-29-32(35)36-30(26-22-8-6-4-2)27-23-21-24-28-31(33)34/h30H,3-29H2,1-2H3,(H,33,34). The van der Waals surface area contributed by atoms with Gasteiger partial charge in [0.1, 0.15) is 6.10 Å². The molecule has 0 aromatic rings. The number of carbonyl (C=O) groups is 2. The van der Waals surface area contributed by atoms with Gasteiger partial charge in [0.2, 0.25) is 0 Å². The minimum absolute atomic E-state index is 0.0141. The summed E-state index contributed by atoms with van der Waals surface area (Å²) < 4.78 is 5.83. The monoisotopic (exact) mass is 510 g/mol. The smallest absolute Gasteiger partial charge is 0.306 e. The van der Waals surface area contributed by atoms with Crippen LogP contribution < -0.4 is 0 Å². The Bertz CT molecular complexity index is 477. The van der Waals surface area contributed by atoms with Crippen molar-refractivity contribution in [2.75, 3.05) is 0 Å². The number of unbranched alkanes of at least 4 members (excludes halogenated alkanes) is 20. The molecule has 0 fully saturated rings. The predicted octanol–water partition coefficient (Wildman–Crippen LogP) is 10.6. The number of aliphatic carboxylic acids is 1. The van der Waals surface area contributed by atoms with Gasteiger partial charge >= 0.3 is 11.9 Å². The fraction of sp³-hybridized carbons (Fsp3) is 0.938. The van der Waals surface area contributed by atoms with E-state index in [-0.39, 0.29) is 18.5 Å². The Hall–Kier alpha value is -1.06. The average Bonchev–Trinajstić information content (AvgIpc) is 2.85. The first-order chi connectivity index (χ1) is 17.6. The molecule has 1 atom stereocenters. The van der Waals surface area contributed by atoms with Crippen molar-refractivity contribution in [2.45, 2.75) is 193 Å². The van der Waals surface area contributed by atoms with E-state index >= 15 is 0 Å². The number of carboxylic acid groups (broad SMARTS) is 1. The molecule has 4 heteroatoms. The summed E-state index contributed by atoms with van der Waals surface area (Å²) in [6.45, 7) is 4.49. The van der Waals surface area contributed by atoms with Crippen molar-refractivity contribution in [3.05, 3.63) is 0 Å². The summed E-state index contributed by atoms with van der Waals surface area (Å²) in [6, 6.07) is 0. The number of rotatable bonds is 29. The van der Waals surface area contributed by atoms with Crippen LogP contribution in [0.1, 0.15) is 187 Å². The predicted molar refractivity (Wildman–Crippen MR) is 154 cm³/mol. The van der Waals surface area contributed by atoms with Gasteiger partial charge in [-0.05, 0) is 38.5 Å². The van der Waals surface area contributed by atoms with Crippen molar-refractivity contribution in [1.29, 1.82) is 0 Å². The Labute approximate surface area is 224 Å². The Morgan fingerprint density at radius 1 is 0.500 bits per heavy atom. The SMILES string of the molecule is CCCCCCCCCCCCCCCCCCC(=O)OC(CCCCCC)CCCCCC(=O)O. The normalized spacial score (nSPS) is 12.1. The van der Waals surface area contributed by atoms with Crippen molar-refractivity contribution >= 4 is 11.9 Å². The lowest BCUT2D eigenvalue weighted by atomic mass is 10.0. The summed E-state index contributed by atoms with van der Waals surface area (Å²) in [5.74, 6) is -0.761. The van der Waals surface area contributed by atoms with E-state index in [4.69, 9.17) is 9.84 Å². The molecule has 0 amide bonds. The molecule has 0 heterocycles. The summed E-state index contributed by atoms with van der Waals surface area (Å²) in [5, 5.41) is 8.77. The fourth-order valence-electron chi connectivity index (χ4n) is 4.95. The van der Waals surface area contributed by atoms with E-state index in [1.807, 2.05) is 0 Å². The number of hydrogen-bond donors (Lipinski definition) is 1. The van der Waals surface area contributed by atoms with Gasteiger partial charge in [-0.15, -0.1) is 0 Å². The molecule has 0 aliphatic carbocycles. The number of carbonyl (C=O) groups excluding carboxylic acids is 1. The lowest BCUT2D eigenvalue weighted by molar-refractivity contribution is -0.150. The molecule has 36 heavy (non-hydrogen) atoms. The lowest BCUT2D eigenvalue weighted by Gasteiger charge is -2.18. The largest absolute Gasteiger partial charge is 0.481 e. The summed E-state index contributed by atoms with van der Waals surface area (Å²) in [5.41, 5.74) is 0. The number of esters is 1. The van der Waals surface area contributed by atoms with E-state index in [1.54, 1.807) is 0 Å². The highest BCUT2D eigenvalue weighted by Gasteiger charge is 2.14. The minimum Gasteiger partial charge on any atom is -0.481 e. The van der Waals surface area contributed by atoms with Crippen molar-refractivity contribution in [2.24, 2.45) is 0 Å². The van der Waals surface area contributed by atoms with Gasteiger partial charge in [-0.2, -0.15) is 0 Å². The van der Waals surface area contributed by atoms with Crippen LogP contribution in [0.15, 0.2) is 0 Å². The third kappa shape index (κ3) is 27.5. The van der Waals surface area contributed by atoms with Crippen LogP contribution in [0, 0.1) is 0 Å². The van der Waals surface area contributed by atoms with Crippen molar-refractivity contribution in [1.82, 2.24) is 0 Å². The zero-order valence-electron chi connectivity index (χ0n) is 24.3. The Kier molecular flexibility index (Phi) is 27.7. The highest BCUT2D eigenvalue weighted by atomic mass is 16.5.